The lowest BCUT2D eigenvalue weighted by atomic mass is 9.62. The predicted octanol–water partition coefficient (Wildman–Crippen LogP) is 8.94. The maximum Gasteiger partial charge on any atom is 0.311 e. The molecular formula is C54H68N4O9-2. The van der Waals surface area contributed by atoms with Gasteiger partial charge in [0.1, 0.15) is 18.4 Å². The van der Waals surface area contributed by atoms with Gasteiger partial charge in [-0.25, -0.2) is 0 Å². The molecule has 3 unspecified atom stereocenters. The van der Waals surface area contributed by atoms with Crippen LogP contribution >= 0.6 is 0 Å². The monoisotopic (exact) mass is 916 g/mol. The standard InChI is InChI=1S/C54H68N4O9/c1-5-9-13-28-64-32-27-53(33-42(59)65-29-14-10-6-2)55-40-21-17-19-36-23-25-38(49(57-53)45(36)40)47-51(62)48(52(47)63)39-26-24-37-20-18-22-41-46(37)50(39)58-54(56-41,34-43(60)66-30-15-11-7-3)35-44(61)67-31-16-12-8-4/h17-26,47-48,51-52,55-58H,5-16,28-31,33-35H2,1-4H3/q-2. The first-order valence-corrected chi connectivity index (χ1v) is 24.7. The first-order valence-electron chi connectivity index (χ1n) is 24.7. The van der Waals surface area contributed by atoms with Gasteiger partial charge < -0.3 is 50.4 Å². The second kappa shape index (κ2) is 22.9. The Kier molecular flexibility index (Phi) is 16.8. The maximum absolute atomic E-state index is 15.0. The molecule has 4 aromatic rings. The topological polar surface area (TPSA) is 182 Å². The lowest BCUT2D eigenvalue weighted by Gasteiger charge is -2.62. The van der Waals surface area contributed by atoms with Crippen molar-refractivity contribution in [2.24, 2.45) is 0 Å². The van der Waals surface area contributed by atoms with Gasteiger partial charge in [0.05, 0.1) is 44.8 Å². The Morgan fingerprint density at radius 1 is 0.537 bits per heavy atom. The smallest absolute Gasteiger partial charge is 0.311 e. The summed E-state index contributed by atoms with van der Waals surface area (Å²) in [5.41, 5.74) is 0.755. The van der Waals surface area contributed by atoms with Crippen LogP contribution in [0, 0.1) is 12.0 Å². The first kappa shape index (κ1) is 49.2. The number of rotatable bonds is 24. The van der Waals surface area contributed by atoms with E-state index in [1.54, 1.807) is 0 Å². The molecule has 1 fully saturated rings. The van der Waals surface area contributed by atoms with Gasteiger partial charge in [-0.1, -0.05) is 128 Å². The van der Waals surface area contributed by atoms with Crippen LogP contribution in [0.5, 0.6) is 0 Å². The van der Waals surface area contributed by atoms with Crippen LogP contribution in [0.3, 0.4) is 0 Å². The molecule has 3 aliphatic rings. The Morgan fingerprint density at radius 2 is 0.985 bits per heavy atom. The molecule has 0 spiro atoms. The Balaban J connectivity index is 1.22. The van der Waals surface area contributed by atoms with Gasteiger partial charge in [-0.3, -0.25) is 14.4 Å². The van der Waals surface area contributed by atoms with Gasteiger partial charge in [0, 0.05) is 27.8 Å². The zero-order chi connectivity index (χ0) is 47.4. The number of esters is 3. The second-order valence-electron chi connectivity index (χ2n) is 18.4. The third-order valence-electron chi connectivity index (χ3n) is 13.2. The van der Waals surface area contributed by atoms with Crippen molar-refractivity contribution in [2.75, 3.05) is 47.7 Å². The highest BCUT2D eigenvalue weighted by Gasteiger charge is 2.46. The molecule has 0 bridgehead atoms. The Hall–Kier alpha value is -5.71. The predicted molar refractivity (Wildman–Crippen MR) is 259 cm³/mol. The second-order valence-corrected chi connectivity index (χ2v) is 18.4. The van der Waals surface area contributed by atoms with Gasteiger partial charge in [-0.2, -0.15) is 0 Å². The molecule has 1 saturated carbocycles. The molecule has 0 aromatic heterocycles. The van der Waals surface area contributed by atoms with Crippen LogP contribution in [0.25, 0.3) is 21.5 Å². The van der Waals surface area contributed by atoms with Gasteiger partial charge in [-0.05, 0) is 77.5 Å². The summed E-state index contributed by atoms with van der Waals surface area (Å²) in [6, 6.07) is 19.0. The van der Waals surface area contributed by atoms with E-state index in [2.05, 4.69) is 61.0 Å². The van der Waals surface area contributed by atoms with Crippen LogP contribution < -0.4 is 31.5 Å². The lowest BCUT2D eigenvalue weighted by Crippen LogP contribution is -2.64. The summed E-state index contributed by atoms with van der Waals surface area (Å²) >= 11 is 0. The molecule has 2 aliphatic heterocycles. The number of hydrogen-bond acceptors (Lipinski definition) is 13. The Bertz CT molecular complexity index is 2390. The van der Waals surface area contributed by atoms with Crippen LogP contribution in [0.4, 0.5) is 22.7 Å². The van der Waals surface area contributed by atoms with Crippen molar-refractivity contribution >= 4 is 62.2 Å². The number of nitrogens with one attached hydrogen (secondary N) is 4. The van der Waals surface area contributed by atoms with Gasteiger partial charge >= 0.3 is 17.9 Å². The van der Waals surface area contributed by atoms with E-state index in [-0.39, 0.29) is 39.1 Å². The molecule has 13 nitrogen and oxygen atoms in total. The Labute approximate surface area is 395 Å². The van der Waals surface area contributed by atoms with E-state index in [0.717, 1.165) is 98.6 Å². The molecule has 2 heterocycles. The summed E-state index contributed by atoms with van der Waals surface area (Å²) in [5.74, 6) is -0.219. The van der Waals surface area contributed by atoms with Crippen molar-refractivity contribution in [2.45, 2.75) is 159 Å². The number of ether oxygens (including phenoxy) is 4. The molecular weight excluding hydrogens is 849 g/mol. The molecule has 4 N–H and O–H groups in total. The summed E-state index contributed by atoms with van der Waals surface area (Å²) < 4.78 is 22.8. The lowest BCUT2D eigenvalue weighted by molar-refractivity contribution is -0.535. The molecule has 4 aromatic carbocycles. The fraction of sp³-hybridized carbons (Fsp3) is 0.537. The third-order valence-corrected chi connectivity index (χ3v) is 13.2. The molecule has 1 aliphatic carbocycles. The molecule has 360 valence electrons. The van der Waals surface area contributed by atoms with Crippen molar-refractivity contribution in [3.05, 3.63) is 71.8 Å². The minimum Gasteiger partial charge on any atom is -0.851 e. The van der Waals surface area contributed by atoms with Crippen molar-refractivity contribution in [1.82, 2.24) is 0 Å². The van der Waals surface area contributed by atoms with Gasteiger partial charge in [0.15, 0.2) is 5.66 Å². The van der Waals surface area contributed by atoms with E-state index < -0.39 is 53.3 Å². The average molecular weight is 917 g/mol. The SMILES string of the molecule is CCCCCOC#CC1(CC(=O)OCCCCC)Nc2cccc3ccc(C4C([O-])C(c5ccc6cccc7c6c5NC(CC(=O)OCCCCC)(CC(=O)OCCCCC)N7)C4[O-])c(c23)N1. The number of carbonyl (C=O) groups excluding carboxylic acids is 3. The number of unbranched alkanes of at least 4 members (excludes halogenated alkanes) is 8. The number of anilines is 4. The van der Waals surface area contributed by atoms with Gasteiger partial charge in [0.25, 0.3) is 0 Å². The third kappa shape index (κ3) is 11.4. The normalized spacial score (nSPS) is 20.7. The van der Waals surface area contributed by atoms with Crippen LogP contribution in [0.2, 0.25) is 0 Å². The molecule has 0 radical (unpaired) electrons. The maximum atomic E-state index is 15.0. The molecule has 67 heavy (non-hydrogen) atoms. The van der Waals surface area contributed by atoms with E-state index in [1.807, 2.05) is 60.7 Å². The highest BCUT2D eigenvalue weighted by Crippen LogP contribution is 2.54. The molecule has 13 heteroatoms. The van der Waals surface area contributed by atoms with Gasteiger partial charge in [-0.15, -0.1) is 12.2 Å². The molecule has 7 rings (SSSR count). The van der Waals surface area contributed by atoms with Crippen LogP contribution in [-0.4, -0.2) is 67.9 Å². The molecule has 3 atom stereocenters. The molecule has 0 saturated heterocycles. The largest absolute Gasteiger partial charge is 0.851 e. The fourth-order valence-corrected chi connectivity index (χ4v) is 9.72. The summed E-state index contributed by atoms with van der Waals surface area (Å²) in [6.45, 7) is 9.59. The van der Waals surface area contributed by atoms with Crippen LogP contribution in [-0.2, 0) is 33.3 Å². The summed E-state index contributed by atoms with van der Waals surface area (Å²) in [5, 5.41) is 47.2. The molecule has 0 amide bonds. The van der Waals surface area contributed by atoms with Gasteiger partial charge in [0.2, 0.25) is 0 Å². The zero-order valence-corrected chi connectivity index (χ0v) is 39.7. The minimum absolute atomic E-state index is 0.174. The van der Waals surface area contributed by atoms with Crippen LogP contribution in [0.1, 0.15) is 147 Å². The number of carbonyl (C=O) groups is 3. The summed E-state index contributed by atoms with van der Waals surface area (Å²) in [6.07, 6.45) is 10.2. The van der Waals surface area contributed by atoms with Crippen LogP contribution in [0.15, 0.2) is 60.7 Å². The summed E-state index contributed by atoms with van der Waals surface area (Å²) in [7, 11) is 0. The Morgan fingerprint density at radius 3 is 1.48 bits per heavy atom. The van der Waals surface area contributed by atoms with Crippen molar-refractivity contribution in [3.63, 3.8) is 0 Å². The highest BCUT2D eigenvalue weighted by molar-refractivity contribution is 6.09. The quantitative estimate of drug-likeness (QED) is 0.0227. The van der Waals surface area contributed by atoms with Crippen molar-refractivity contribution in [3.8, 4) is 12.0 Å². The van der Waals surface area contributed by atoms with E-state index in [1.165, 1.54) is 0 Å². The van der Waals surface area contributed by atoms with Crippen molar-refractivity contribution in [1.29, 1.82) is 0 Å². The van der Waals surface area contributed by atoms with E-state index >= 15 is 0 Å². The highest BCUT2D eigenvalue weighted by atomic mass is 16.5. The average Bonchev–Trinajstić information content (AvgIpc) is 3.31. The zero-order valence-electron chi connectivity index (χ0n) is 39.7. The van der Waals surface area contributed by atoms with E-state index in [4.69, 9.17) is 18.9 Å². The number of benzene rings is 4. The van der Waals surface area contributed by atoms with E-state index in [9.17, 15) is 24.6 Å². The fourth-order valence-electron chi connectivity index (χ4n) is 9.72. The van der Waals surface area contributed by atoms with E-state index in [0.29, 0.717) is 40.5 Å². The van der Waals surface area contributed by atoms with Crippen molar-refractivity contribution < 1.29 is 43.5 Å². The summed E-state index contributed by atoms with van der Waals surface area (Å²) in [4.78, 5) is 40.6. The number of hydrogen-bond donors (Lipinski definition) is 4. The minimum atomic E-state index is -1.38. The first-order chi connectivity index (χ1) is 32.6.